The van der Waals surface area contributed by atoms with Crippen molar-refractivity contribution in [3.05, 3.63) is 89.7 Å². The van der Waals surface area contributed by atoms with Gasteiger partial charge in [-0.3, -0.25) is 14.1 Å². The molecule has 1 atom stereocenters. The molecule has 7 heteroatoms. The molecule has 4 rings (SSSR count). The Balaban J connectivity index is 1.57. The van der Waals surface area contributed by atoms with Crippen LogP contribution in [0.5, 0.6) is 0 Å². The Labute approximate surface area is 170 Å². The van der Waals surface area contributed by atoms with Gasteiger partial charge in [0.25, 0.3) is 15.9 Å². The van der Waals surface area contributed by atoms with Crippen molar-refractivity contribution in [1.82, 2.24) is 10.3 Å². The van der Waals surface area contributed by atoms with Crippen molar-refractivity contribution < 1.29 is 13.2 Å². The molecule has 0 bridgehead atoms. The second kappa shape index (κ2) is 7.67. The second-order valence-corrected chi connectivity index (χ2v) is 8.83. The number of carbonyl (C=O) groups excluding carboxylic acids is 1. The molecule has 1 aliphatic rings. The SMILES string of the molecule is C[C@@H]1Cc2cc(C(=O)NCc3ccccn3)ccc2N1S(=O)(=O)c1ccccc1. The average Bonchev–Trinajstić information content (AvgIpc) is 3.09. The Kier molecular flexibility index (Phi) is 5.07. The van der Waals surface area contributed by atoms with Gasteiger partial charge in [0.1, 0.15) is 0 Å². The van der Waals surface area contributed by atoms with Crippen LogP contribution in [0.2, 0.25) is 0 Å². The van der Waals surface area contributed by atoms with Crippen LogP contribution in [0.3, 0.4) is 0 Å². The molecule has 0 spiro atoms. The van der Waals surface area contributed by atoms with Crippen molar-refractivity contribution in [2.45, 2.75) is 30.8 Å². The van der Waals surface area contributed by atoms with E-state index in [9.17, 15) is 13.2 Å². The third kappa shape index (κ3) is 3.73. The molecule has 3 aromatic rings. The number of fused-ring (bicyclic) bond motifs is 1. The van der Waals surface area contributed by atoms with Gasteiger partial charge in [-0.2, -0.15) is 0 Å². The molecule has 148 valence electrons. The smallest absolute Gasteiger partial charge is 0.264 e. The van der Waals surface area contributed by atoms with Gasteiger partial charge in [0.05, 0.1) is 22.8 Å². The second-order valence-electron chi connectivity index (χ2n) is 7.01. The molecule has 1 amide bonds. The van der Waals surface area contributed by atoms with Gasteiger partial charge in [0.2, 0.25) is 0 Å². The van der Waals surface area contributed by atoms with Crippen LogP contribution in [0.15, 0.2) is 77.8 Å². The number of amides is 1. The molecule has 1 N–H and O–H groups in total. The first kappa shape index (κ1) is 19.1. The maximum Gasteiger partial charge on any atom is 0.264 e. The lowest BCUT2D eigenvalue weighted by Crippen LogP contribution is -2.35. The van der Waals surface area contributed by atoms with Crippen LogP contribution in [-0.4, -0.2) is 25.4 Å². The van der Waals surface area contributed by atoms with E-state index in [0.717, 1.165) is 11.3 Å². The number of hydrogen-bond donors (Lipinski definition) is 1. The molecule has 0 unspecified atom stereocenters. The first-order valence-electron chi connectivity index (χ1n) is 9.37. The Morgan fingerprint density at radius 1 is 1.10 bits per heavy atom. The van der Waals surface area contributed by atoms with Crippen molar-refractivity contribution in [3.63, 3.8) is 0 Å². The summed E-state index contributed by atoms with van der Waals surface area (Å²) in [7, 11) is -3.66. The van der Waals surface area contributed by atoms with E-state index in [1.54, 1.807) is 54.7 Å². The average molecular weight is 407 g/mol. The number of carbonyl (C=O) groups is 1. The molecule has 29 heavy (non-hydrogen) atoms. The Hall–Kier alpha value is -3.19. The van der Waals surface area contributed by atoms with Crippen molar-refractivity contribution in [1.29, 1.82) is 0 Å². The molecule has 2 aromatic carbocycles. The lowest BCUT2D eigenvalue weighted by atomic mass is 10.1. The summed E-state index contributed by atoms with van der Waals surface area (Å²) in [6.07, 6.45) is 2.24. The predicted octanol–water partition coefficient (Wildman–Crippen LogP) is 3.15. The highest BCUT2D eigenvalue weighted by molar-refractivity contribution is 7.92. The van der Waals surface area contributed by atoms with Gasteiger partial charge >= 0.3 is 0 Å². The molecule has 0 fully saturated rings. The van der Waals surface area contributed by atoms with Crippen LogP contribution < -0.4 is 9.62 Å². The lowest BCUT2D eigenvalue weighted by Gasteiger charge is -2.24. The number of sulfonamides is 1. The maximum absolute atomic E-state index is 13.1. The summed E-state index contributed by atoms with van der Waals surface area (Å²) in [6, 6.07) is 18.9. The number of nitrogens with zero attached hydrogens (tertiary/aromatic N) is 2. The predicted molar refractivity (Wildman–Crippen MR) is 111 cm³/mol. The van der Waals surface area contributed by atoms with Gasteiger partial charge in [-0.25, -0.2) is 8.42 Å². The number of anilines is 1. The highest BCUT2D eigenvalue weighted by atomic mass is 32.2. The van der Waals surface area contributed by atoms with Crippen LogP contribution in [0.1, 0.15) is 28.5 Å². The van der Waals surface area contributed by atoms with Crippen LogP contribution >= 0.6 is 0 Å². The summed E-state index contributed by atoms with van der Waals surface area (Å²) >= 11 is 0. The van der Waals surface area contributed by atoms with E-state index in [-0.39, 0.29) is 16.8 Å². The van der Waals surface area contributed by atoms with Crippen molar-refractivity contribution in [2.24, 2.45) is 0 Å². The van der Waals surface area contributed by atoms with Crippen molar-refractivity contribution in [3.8, 4) is 0 Å². The molecule has 0 radical (unpaired) electrons. The van der Waals surface area contributed by atoms with E-state index in [1.807, 2.05) is 25.1 Å². The van der Waals surface area contributed by atoms with Gasteiger partial charge in [0.15, 0.2) is 0 Å². The normalized spacial score (nSPS) is 15.8. The molecule has 0 aliphatic carbocycles. The van der Waals surface area contributed by atoms with Gasteiger partial charge in [-0.05, 0) is 61.4 Å². The first-order chi connectivity index (χ1) is 14.0. The number of pyridine rings is 1. The van der Waals surface area contributed by atoms with Gasteiger partial charge in [-0.15, -0.1) is 0 Å². The number of hydrogen-bond acceptors (Lipinski definition) is 4. The topological polar surface area (TPSA) is 79.4 Å². The fourth-order valence-corrected chi connectivity index (χ4v) is 5.31. The number of benzene rings is 2. The van der Waals surface area contributed by atoms with E-state index in [1.165, 1.54) is 4.31 Å². The summed E-state index contributed by atoms with van der Waals surface area (Å²) in [4.78, 5) is 17.0. The molecule has 2 heterocycles. The summed E-state index contributed by atoms with van der Waals surface area (Å²) in [5, 5.41) is 2.85. The lowest BCUT2D eigenvalue weighted by molar-refractivity contribution is 0.0950. The minimum Gasteiger partial charge on any atom is -0.346 e. The van der Waals surface area contributed by atoms with Gasteiger partial charge in [0, 0.05) is 17.8 Å². The van der Waals surface area contributed by atoms with E-state index in [2.05, 4.69) is 10.3 Å². The first-order valence-corrected chi connectivity index (χ1v) is 10.8. The van der Waals surface area contributed by atoms with E-state index >= 15 is 0 Å². The zero-order chi connectivity index (χ0) is 20.4. The third-order valence-electron chi connectivity index (χ3n) is 4.95. The van der Waals surface area contributed by atoms with E-state index in [0.29, 0.717) is 24.2 Å². The summed E-state index contributed by atoms with van der Waals surface area (Å²) in [5.74, 6) is -0.213. The number of nitrogens with one attached hydrogen (secondary N) is 1. The van der Waals surface area contributed by atoms with Crippen molar-refractivity contribution in [2.75, 3.05) is 4.31 Å². The minimum absolute atomic E-state index is 0.213. The van der Waals surface area contributed by atoms with E-state index in [4.69, 9.17) is 0 Å². The summed E-state index contributed by atoms with van der Waals surface area (Å²) in [5.41, 5.74) is 2.76. The highest BCUT2D eigenvalue weighted by Gasteiger charge is 2.36. The Morgan fingerprint density at radius 2 is 1.86 bits per heavy atom. The Bertz CT molecular complexity index is 1130. The maximum atomic E-state index is 13.1. The standard InChI is InChI=1S/C22H21N3O3S/c1-16-13-18-14-17(22(26)24-15-19-7-5-6-12-23-19)10-11-21(18)25(16)29(27,28)20-8-3-2-4-9-20/h2-12,14,16H,13,15H2,1H3,(H,24,26)/t16-/m1/s1. The van der Waals surface area contributed by atoms with E-state index < -0.39 is 10.0 Å². The minimum atomic E-state index is -3.66. The van der Waals surface area contributed by atoms with Gasteiger partial charge in [-0.1, -0.05) is 24.3 Å². The number of aromatic nitrogens is 1. The largest absolute Gasteiger partial charge is 0.346 e. The molecular weight excluding hydrogens is 386 g/mol. The van der Waals surface area contributed by atoms with Crippen LogP contribution in [-0.2, 0) is 23.0 Å². The molecular formula is C22H21N3O3S. The van der Waals surface area contributed by atoms with Crippen LogP contribution in [0, 0.1) is 0 Å². The fraction of sp³-hybridized carbons (Fsp3) is 0.182. The van der Waals surface area contributed by atoms with Crippen LogP contribution in [0.25, 0.3) is 0 Å². The quantitative estimate of drug-likeness (QED) is 0.705. The number of rotatable bonds is 5. The zero-order valence-electron chi connectivity index (χ0n) is 15.9. The van der Waals surface area contributed by atoms with Gasteiger partial charge < -0.3 is 5.32 Å². The van der Waals surface area contributed by atoms with Crippen LogP contribution in [0.4, 0.5) is 5.69 Å². The van der Waals surface area contributed by atoms with Crippen molar-refractivity contribution >= 4 is 21.6 Å². The fourth-order valence-electron chi connectivity index (χ4n) is 3.59. The molecule has 1 aliphatic heterocycles. The highest BCUT2D eigenvalue weighted by Crippen LogP contribution is 2.37. The molecule has 0 saturated heterocycles. The molecule has 1 aromatic heterocycles. The third-order valence-corrected chi connectivity index (χ3v) is 6.89. The summed E-state index contributed by atoms with van der Waals surface area (Å²) in [6.45, 7) is 2.21. The monoisotopic (exact) mass is 407 g/mol. The molecule has 6 nitrogen and oxygen atoms in total. The summed E-state index contributed by atoms with van der Waals surface area (Å²) < 4.78 is 27.7. The zero-order valence-corrected chi connectivity index (χ0v) is 16.8. The molecule has 0 saturated carbocycles. The Morgan fingerprint density at radius 3 is 2.59 bits per heavy atom.